The molecule has 2 aromatic carbocycles. The lowest BCUT2D eigenvalue weighted by molar-refractivity contribution is -0.140. The number of aryl methyl sites for hydroxylation is 1. The van der Waals surface area contributed by atoms with Crippen LogP contribution < -0.4 is 9.47 Å². The van der Waals surface area contributed by atoms with E-state index < -0.39 is 17.6 Å². The highest BCUT2D eigenvalue weighted by molar-refractivity contribution is 5.75. The van der Waals surface area contributed by atoms with Gasteiger partial charge in [0.25, 0.3) is 0 Å². The monoisotopic (exact) mass is 496 g/mol. The number of rotatable bonds is 9. The van der Waals surface area contributed by atoms with Crippen LogP contribution in [0.15, 0.2) is 49.1 Å². The summed E-state index contributed by atoms with van der Waals surface area (Å²) in [6, 6.07) is 11.7. The Morgan fingerprint density at radius 3 is 2.08 bits per heavy atom. The lowest BCUT2D eigenvalue weighted by Gasteiger charge is -2.37. The molecule has 0 spiro atoms. The Labute approximate surface area is 213 Å². The van der Waals surface area contributed by atoms with Gasteiger partial charge in [-0.3, -0.25) is 4.79 Å². The van der Waals surface area contributed by atoms with Crippen molar-refractivity contribution in [1.82, 2.24) is 0 Å². The van der Waals surface area contributed by atoms with E-state index in [2.05, 4.69) is 30.8 Å². The molecule has 0 saturated heterocycles. The Morgan fingerprint density at radius 2 is 1.47 bits per heavy atom. The minimum Gasteiger partial charge on any atom is -0.491 e. The molecule has 2 aromatic rings. The topological polar surface area (TPSA) is 35.5 Å². The number of hydrogen-bond acceptors (Lipinski definition) is 3. The molecule has 0 radical (unpaired) electrons. The first-order valence-corrected chi connectivity index (χ1v) is 13.5. The lowest BCUT2D eigenvalue weighted by Crippen LogP contribution is -2.30. The Bertz CT molecular complexity index is 1020. The molecule has 4 rings (SSSR count). The van der Waals surface area contributed by atoms with Gasteiger partial charge in [0, 0.05) is 0 Å². The predicted molar refractivity (Wildman–Crippen MR) is 138 cm³/mol. The zero-order chi connectivity index (χ0) is 25.5. The van der Waals surface area contributed by atoms with Gasteiger partial charge >= 0.3 is 5.97 Å². The standard InChI is InChI=1S/C31H38F2O3/c1-3-5-6-21-7-9-22(10-8-21)23-11-13-24(14-12-23)25-15-17-26(18-16-25)31(34)36-28-20-19-27(35-4-2)29(32)30(28)33/h3,7-10,19-20,23-26H,1,4-6,11-18H2,2H3. The van der Waals surface area contributed by atoms with Gasteiger partial charge in [-0.25, -0.2) is 0 Å². The van der Waals surface area contributed by atoms with Crippen LogP contribution in [-0.4, -0.2) is 12.6 Å². The minimum atomic E-state index is -1.17. The van der Waals surface area contributed by atoms with E-state index in [1.807, 2.05) is 6.08 Å². The lowest BCUT2D eigenvalue weighted by atomic mass is 9.68. The molecule has 0 amide bonds. The van der Waals surface area contributed by atoms with Crippen LogP contribution in [0.2, 0.25) is 0 Å². The molecule has 2 aliphatic carbocycles. The fraction of sp³-hybridized carbons (Fsp3) is 0.516. The maximum absolute atomic E-state index is 14.3. The van der Waals surface area contributed by atoms with Gasteiger partial charge in [0.1, 0.15) is 0 Å². The van der Waals surface area contributed by atoms with Gasteiger partial charge < -0.3 is 9.47 Å². The van der Waals surface area contributed by atoms with E-state index in [0.29, 0.717) is 17.8 Å². The number of halogens is 2. The fourth-order valence-electron chi connectivity index (χ4n) is 6.03. The van der Waals surface area contributed by atoms with Crippen LogP contribution in [0.5, 0.6) is 11.5 Å². The fourth-order valence-corrected chi connectivity index (χ4v) is 6.03. The second kappa shape index (κ2) is 12.5. The Kier molecular flexibility index (Phi) is 9.17. The molecule has 2 saturated carbocycles. The first-order chi connectivity index (χ1) is 17.5. The van der Waals surface area contributed by atoms with Crippen molar-refractivity contribution in [3.05, 3.63) is 71.8 Å². The first-order valence-electron chi connectivity index (χ1n) is 13.5. The second-order valence-electron chi connectivity index (χ2n) is 10.3. The predicted octanol–water partition coefficient (Wildman–Crippen LogP) is 8.17. The third-order valence-electron chi connectivity index (χ3n) is 8.15. The Hall–Kier alpha value is -2.69. The SMILES string of the molecule is C=CCCc1ccc(C2CCC(C3CCC(C(=O)Oc4ccc(OCC)c(F)c4F)CC3)CC2)cc1. The van der Waals surface area contributed by atoms with Crippen molar-refractivity contribution in [3.8, 4) is 11.5 Å². The van der Waals surface area contributed by atoms with E-state index in [9.17, 15) is 13.6 Å². The molecule has 5 heteroatoms. The van der Waals surface area contributed by atoms with Crippen LogP contribution in [0.1, 0.15) is 81.8 Å². The average Bonchev–Trinajstić information content (AvgIpc) is 2.92. The molecule has 0 heterocycles. The van der Waals surface area contributed by atoms with Crippen molar-refractivity contribution in [3.63, 3.8) is 0 Å². The summed E-state index contributed by atoms with van der Waals surface area (Å²) in [5.74, 6) is -1.57. The molecule has 0 N–H and O–H groups in total. The van der Waals surface area contributed by atoms with Gasteiger partial charge in [0.05, 0.1) is 12.5 Å². The van der Waals surface area contributed by atoms with Crippen LogP contribution in [0.25, 0.3) is 0 Å². The molecule has 0 aliphatic heterocycles. The number of hydrogen-bond donors (Lipinski definition) is 0. The van der Waals surface area contributed by atoms with Crippen molar-refractivity contribution in [2.24, 2.45) is 17.8 Å². The van der Waals surface area contributed by atoms with Gasteiger partial charge in [0.2, 0.25) is 11.6 Å². The van der Waals surface area contributed by atoms with Crippen molar-refractivity contribution < 1.29 is 23.0 Å². The van der Waals surface area contributed by atoms with Crippen molar-refractivity contribution in [1.29, 1.82) is 0 Å². The smallest absolute Gasteiger partial charge is 0.314 e. The molecule has 0 aromatic heterocycles. The minimum absolute atomic E-state index is 0.175. The molecular formula is C31H38F2O3. The summed E-state index contributed by atoms with van der Waals surface area (Å²) in [7, 11) is 0. The summed E-state index contributed by atoms with van der Waals surface area (Å²) in [5.41, 5.74) is 2.83. The van der Waals surface area contributed by atoms with E-state index in [-0.39, 0.29) is 24.0 Å². The third kappa shape index (κ3) is 6.35. The van der Waals surface area contributed by atoms with Crippen molar-refractivity contribution in [2.75, 3.05) is 6.61 Å². The van der Waals surface area contributed by atoms with Gasteiger partial charge in [-0.1, -0.05) is 30.3 Å². The number of ether oxygens (including phenoxy) is 2. The number of carbonyl (C=O) groups is 1. The first kappa shape index (κ1) is 26.4. The summed E-state index contributed by atoms with van der Waals surface area (Å²) in [5, 5.41) is 0. The molecule has 2 aliphatic rings. The number of benzene rings is 2. The molecule has 0 unspecified atom stereocenters. The normalized spacial score (nSPS) is 24.2. The second-order valence-corrected chi connectivity index (χ2v) is 10.3. The maximum atomic E-state index is 14.3. The summed E-state index contributed by atoms with van der Waals surface area (Å²) in [6.45, 7) is 5.72. The quantitative estimate of drug-likeness (QED) is 0.200. The molecule has 36 heavy (non-hydrogen) atoms. The van der Waals surface area contributed by atoms with E-state index in [4.69, 9.17) is 9.47 Å². The molecule has 0 bridgehead atoms. The maximum Gasteiger partial charge on any atom is 0.314 e. The van der Waals surface area contributed by atoms with E-state index >= 15 is 0 Å². The highest BCUT2D eigenvalue weighted by Crippen LogP contribution is 2.44. The van der Waals surface area contributed by atoms with Crippen LogP contribution in [0, 0.1) is 29.4 Å². The van der Waals surface area contributed by atoms with E-state index in [1.165, 1.54) is 48.9 Å². The molecule has 2 fully saturated rings. The zero-order valence-electron chi connectivity index (χ0n) is 21.3. The van der Waals surface area contributed by atoms with Gasteiger partial charge in [-0.15, -0.1) is 6.58 Å². The summed E-state index contributed by atoms with van der Waals surface area (Å²) >= 11 is 0. The van der Waals surface area contributed by atoms with Crippen molar-refractivity contribution >= 4 is 5.97 Å². The Balaban J connectivity index is 1.23. The molecular weight excluding hydrogens is 458 g/mol. The Morgan fingerprint density at radius 1 is 0.889 bits per heavy atom. The zero-order valence-corrected chi connectivity index (χ0v) is 21.3. The molecule has 3 nitrogen and oxygen atoms in total. The van der Waals surface area contributed by atoms with E-state index in [0.717, 1.165) is 38.5 Å². The number of carbonyl (C=O) groups excluding carboxylic acids is 1. The van der Waals surface area contributed by atoms with E-state index in [1.54, 1.807) is 6.92 Å². The number of allylic oxidation sites excluding steroid dienone is 1. The highest BCUT2D eigenvalue weighted by Gasteiger charge is 2.34. The van der Waals surface area contributed by atoms with Crippen LogP contribution in [0.3, 0.4) is 0 Å². The molecule has 0 atom stereocenters. The third-order valence-corrected chi connectivity index (χ3v) is 8.15. The number of esters is 1. The van der Waals surface area contributed by atoms with Gasteiger partial charge in [-0.05, 0) is 112 Å². The average molecular weight is 497 g/mol. The van der Waals surface area contributed by atoms with Crippen LogP contribution >= 0.6 is 0 Å². The summed E-state index contributed by atoms with van der Waals surface area (Å²) < 4.78 is 38.7. The highest BCUT2D eigenvalue weighted by atomic mass is 19.2. The molecule has 194 valence electrons. The summed E-state index contributed by atoms with van der Waals surface area (Å²) in [6.07, 6.45) is 12.4. The van der Waals surface area contributed by atoms with Gasteiger partial charge in [0.15, 0.2) is 11.5 Å². The van der Waals surface area contributed by atoms with Crippen molar-refractivity contribution in [2.45, 2.75) is 77.0 Å². The largest absolute Gasteiger partial charge is 0.491 e. The van der Waals surface area contributed by atoms with Crippen LogP contribution in [-0.2, 0) is 11.2 Å². The van der Waals surface area contributed by atoms with Gasteiger partial charge in [-0.2, -0.15) is 8.78 Å². The summed E-state index contributed by atoms with van der Waals surface area (Å²) in [4.78, 5) is 12.7. The van der Waals surface area contributed by atoms with Crippen LogP contribution in [0.4, 0.5) is 8.78 Å².